The molecule has 106 valence electrons. The summed E-state index contributed by atoms with van der Waals surface area (Å²) in [7, 11) is 0. The van der Waals surface area contributed by atoms with Gasteiger partial charge in [-0.15, -0.1) is 0 Å². The Bertz CT molecular complexity index is 582. The Kier molecular flexibility index (Phi) is 4.45. The molecule has 1 atom stereocenters. The number of hydrogen-bond acceptors (Lipinski definition) is 2. The van der Waals surface area contributed by atoms with Gasteiger partial charge < -0.3 is 5.73 Å². The van der Waals surface area contributed by atoms with Crippen molar-refractivity contribution in [3.8, 4) is 0 Å². The van der Waals surface area contributed by atoms with Crippen LogP contribution in [0.5, 0.6) is 0 Å². The van der Waals surface area contributed by atoms with Gasteiger partial charge in [-0.25, -0.2) is 0 Å². The highest BCUT2D eigenvalue weighted by Crippen LogP contribution is 2.30. The number of pyridine rings is 1. The SMILES string of the molecule is NC(Cc1ccc(C(F)(F)F)cc1)c1ncccc1Br. The lowest BCUT2D eigenvalue weighted by molar-refractivity contribution is -0.137. The van der Waals surface area contributed by atoms with Crippen LogP contribution in [0.4, 0.5) is 13.2 Å². The van der Waals surface area contributed by atoms with Gasteiger partial charge in [-0.1, -0.05) is 12.1 Å². The van der Waals surface area contributed by atoms with Crippen molar-refractivity contribution in [1.29, 1.82) is 0 Å². The van der Waals surface area contributed by atoms with E-state index >= 15 is 0 Å². The van der Waals surface area contributed by atoms with E-state index in [1.807, 2.05) is 6.07 Å². The van der Waals surface area contributed by atoms with Crippen LogP contribution in [0.15, 0.2) is 47.1 Å². The third-order valence-corrected chi connectivity index (χ3v) is 3.55. The largest absolute Gasteiger partial charge is 0.416 e. The van der Waals surface area contributed by atoms with Gasteiger partial charge in [-0.3, -0.25) is 4.98 Å². The van der Waals surface area contributed by atoms with E-state index in [1.165, 1.54) is 12.1 Å². The first kappa shape index (κ1) is 15.0. The number of rotatable bonds is 3. The van der Waals surface area contributed by atoms with Gasteiger partial charge in [0, 0.05) is 10.7 Å². The molecule has 0 saturated carbocycles. The summed E-state index contributed by atoms with van der Waals surface area (Å²) in [6.45, 7) is 0. The van der Waals surface area contributed by atoms with Crippen LogP contribution < -0.4 is 5.73 Å². The minimum absolute atomic E-state index is 0.373. The Morgan fingerprint density at radius 3 is 2.35 bits per heavy atom. The van der Waals surface area contributed by atoms with E-state index in [4.69, 9.17) is 5.73 Å². The normalized spacial score (nSPS) is 13.2. The summed E-state index contributed by atoms with van der Waals surface area (Å²) in [5, 5.41) is 0. The van der Waals surface area contributed by atoms with Gasteiger partial charge in [-0.05, 0) is 52.2 Å². The van der Waals surface area contributed by atoms with Crippen molar-refractivity contribution in [2.75, 3.05) is 0 Å². The Hall–Kier alpha value is -1.40. The maximum absolute atomic E-state index is 12.5. The van der Waals surface area contributed by atoms with Crippen LogP contribution >= 0.6 is 15.9 Å². The van der Waals surface area contributed by atoms with E-state index in [9.17, 15) is 13.2 Å². The maximum Gasteiger partial charge on any atom is 0.416 e. The molecule has 0 spiro atoms. The molecule has 0 amide bonds. The van der Waals surface area contributed by atoms with E-state index in [0.29, 0.717) is 12.1 Å². The molecule has 0 saturated heterocycles. The summed E-state index contributed by atoms with van der Waals surface area (Å²) in [4.78, 5) is 4.18. The van der Waals surface area contributed by atoms with Crippen molar-refractivity contribution in [2.24, 2.45) is 5.73 Å². The first-order chi connectivity index (χ1) is 9.38. The summed E-state index contributed by atoms with van der Waals surface area (Å²) in [6.07, 6.45) is -2.26. The second kappa shape index (κ2) is 5.93. The minimum Gasteiger partial charge on any atom is -0.322 e. The zero-order valence-corrected chi connectivity index (χ0v) is 11.9. The fourth-order valence-corrected chi connectivity index (χ4v) is 2.40. The van der Waals surface area contributed by atoms with Crippen LogP contribution in [-0.2, 0) is 12.6 Å². The first-order valence-electron chi connectivity index (χ1n) is 5.90. The quantitative estimate of drug-likeness (QED) is 0.910. The van der Waals surface area contributed by atoms with Gasteiger partial charge in [0.2, 0.25) is 0 Å². The number of hydrogen-bond donors (Lipinski definition) is 1. The molecule has 1 unspecified atom stereocenters. The average Bonchev–Trinajstić information content (AvgIpc) is 2.38. The lowest BCUT2D eigenvalue weighted by Gasteiger charge is -2.13. The molecule has 1 aromatic heterocycles. The van der Waals surface area contributed by atoms with Crippen molar-refractivity contribution >= 4 is 15.9 Å². The predicted octanol–water partition coefficient (Wildman–Crippen LogP) is 4.11. The molecule has 0 radical (unpaired) electrons. The molecule has 2 N–H and O–H groups in total. The molecule has 0 aliphatic rings. The van der Waals surface area contributed by atoms with Crippen molar-refractivity contribution in [2.45, 2.75) is 18.6 Å². The summed E-state index contributed by atoms with van der Waals surface area (Å²) >= 11 is 3.36. The van der Waals surface area contributed by atoms with Gasteiger partial charge in [0.1, 0.15) is 0 Å². The molecule has 1 heterocycles. The zero-order valence-electron chi connectivity index (χ0n) is 10.4. The molecule has 20 heavy (non-hydrogen) atoms. The number of aromatic nitrogens is 1. The van der Waals surface area contributed by atoms with Gasteiger partial charge in [0.25, 0.3) is 0 Å². The van der Waals surface area contributed by atoms with E-state index in [1.54, 1.807) is 12.3 Å². The highest BCUT2D eigenvalue weighted by Gasteiger charge is 2.30. The van der Waals surface area contributed by atoms with Crippen LogP contribution in [0.3, 0.4) is 0 Å². The molecule has 2 aromatic rings. The first-order valence-corrected chi connectivity index (χ1v) is 6.69. The summed E-state index contributed by atoms with van der Waals surface area (Å²) in [5.41, 5.74) is 6.80. The summed E-state index contributed by atoms with van der Waals surface area (Å²) in [6, 6.07) is 8.25. The molecule has 2 nitrogen and oxygen atoms in total. The van der Waals surface area contributed by atoms with Crippen molar-refractivity contribution in [3.05, 3.63) is 63.9 Å². The van der Waals surface area contributed by atoms with Crippen molar-refractivity contribution in [3.63, 3.8) is 0 Å². The fourth-order valence-electron chi connectivity index (χ4n) is 1.85. The number of alkyl halides is 3. The molecular formula is C14H12BrF3N2. The van der Waals surface area contributed by atoms with Crippen LogP contribution in [-0.4, -0.2) is 4.98 Å². The second-order valence-electron chi connectivity index (χ2n) is 4.38. The fraction of sp³-hybridized carbons (Fsp3) is 0.214. The number of nitrogens with two attached hydrogens (primary N) is 1. The minimum atomic E-state index is -4.31. The van der Waals surface area contributed by atoms with E-state index in [0.717, 1.165) is 22.2 Å². The molecule has 0 aliphatic carbocycles. The van der Waals surface area contributed by atoms with Crippen molar-refractivity contribution in [1.82, 2.24) is 4.98 Å². The molecule has 0 aliphatic heterocycles. The summed E-state index contributed by atoms with van der Waals surface area (Å²) in [5.74, 6) is 0. The zero-order chi connectivity index (χ0) is 14.8. The molecule has 2 rings (SSSR count). The molecule has 0 bridgehead atoms. The Morgan fingerprint density at radius 2 is 1.80 bits per heavy atom. The van der Waals surface area contributed by atoms with Crippen LogP contribution in [0.2, 0.25) is 0 Å². The van der Waals surface area contributed by atoms with Gasteiger partial charge >= 0.3 is 6.18 Å². The Morgan fingerprint density at radius 1 is 1.15 bits per heavy atom. The Balaban J connectivity index is 2.13. The predicted molar refractivity (Wildman–Crippen MR) is 74.0 cm³/mol. The van der Waals surface area contributed by atoms with Gasteiger partial charge in [0.15, 0.2) is 0 Å². The Labute approximate surface area is 123 Å². The van der Waals surface area contributed by atoms with E-state index in [2.05, 4.69) is 20.9 Å². The van der Waals surface area contributed by atoms with Gasteiger partial charge in [-0.2, -0.15) is 13.2 Å². The smallest absolute Gasteiger partial charge is 0.322 e. The second-order valence-corrected chi connectivity index (χ2v) is 5.23. The topological polar surface area (TPSA) is 38.9 Å². The monoisotopic (exact) mass is 344 g/mol. The lowest BCUT2D eigenvalue weighted by Crippen LogP contribution is -2.15. The van der Waals surface area contributed by atoms with Crippen LogP contribution in [0, 0.1) is 0 Å². The highest BCUT2D eigenvalue weighted by molar-refractivity contribution is 9.10. The molecular weight excluding hydrogens is 333 g/mol. The van der Waals surface area contributed by atoms with Crippen molar-refractivity contribution < 1.29 is 13.2 Å². The number of nitrogens with zero attached hydrogens (tertiary/aromatic N) is 1. The van der Waals surface area contributed by atoms with E-state index in [-0.39, 0.29) is 6.04 Å². The summed E-state index contributed by atoms with van der Waals surface area (Å²) < 4.78 is 38.2. The highest BCUT2D eigenvalue weighted by atomic mass is 79.9. The van der Waals surface area contributed by atoms with E-state index < -0.39 is 11.7 Å². The third-order valence-electron chi connectivity index (χ3n) is 2.88. The average molecular weight is 345 g/mol. The molecule has 0 fully saturated rings. The van der Waals surface area contributed by atoms with Gasteiger partial charge in [0.05, 0.1) is 17.3 Å². The molecule has 6 heteroatoms. The van der Waals surface area contributed by atoms with Crippen LogP contribution in [0.1, 0.15) is 22.9 Å². The number of halogens is 4. The number of benzene rings is 1. The standard InChI is InChI=1S/C14H12BrF3N2/c15-11-2-1-7-20-13(11)12(19)8-9-3-5-10(6-4-9)14(16,17)18/h1-7,12H,8,19H2. The maximum atomic E-state index is 12.5. The van der Waals surface area contributed by atoms with Crippen LogP contribution in [0.25, 0.3) is 0 Å². The third kappa shape index (κ3) is 3.58. The lowest BCUT2D eigenvalue weighted by atomic mass is 10.0. The molecule has 1 aromatic carbocycles.